The first-order valence-electron chi connectivity index (χ1n) is 9.17. The van der Waals surface area contributed by atoms with Crippen molar-refractivity contribution in [2.45, 2.75) is 6.92 Å². The summed E-state index contributed by atoms with van der Waals surface area (Å²) in [7, 11) is 2.87. The van der Waals surface area contributed by atoms with Gasteiger partial charge in [-0.1, -0.05) is 23.4 Å². The molecule has 1 aliphatic heterocycles. The number of carbonyl (C=O) groups is 1. The van der Waals surface area contributed by atoms with Crippen molar-refractivity contribution < 1.29 is 29.2 Å². The third-order valence-corrected chi connectivity index (χ3v) is 5.48. The van der Waals surface area contributed by atoms with Crippen molar-refractivity contribution in [2.24, 2.45) is 4.99 Å². The number of phenolic OH excluding ortho intramolecular Hbond substituents is 1. The number of nitrogens with zero attached hydrogens (tertiary/aromatic N) is 1. The van der Waals surface area contributed by atoms with Crippen LogP contribution in [-0.4, -0.2) is 42.1 Å². The number of phenols is 1. The van der Waals surface area contributed by atoms with Crippen LogP contribution in [0.4, 0.5) is 5.69 Å². The molecule has 2 aromatic carbocycles. The molecular formula is C22H20ClNO6S. The molecule has 0 saturated heterocycles. The minimum absolute atomic E-state index is 0.0299. The second-order valence-corrected chi connectivity index (χ2v) is 7.69. The molecule has 0 unspecified atom stereocenters. The van der Waals surface area contributed by atoms with Gasteiger partial charge in [-0.2, -0.15) is 0 Å². The number of aromatic hydroxyl groups is 1. The van der Waals surface area contributed by atoms with Gasteiger partial charge in [0.25, 0.3) is 0 Å². The van der Waals surface area contributed by atoms with Gasteiger partial charge in [-0.3, -0.25) is 0 Å². The highest BCUT2D eigenvalue weighted by molar-refractivity contribution is 8.18. The Morgan fingerprint density at radius 1 is 1.16 bits per heavy atom. The van der Waals surface area contributed by atoms with Gasteiger partial charge in [0.2, 0.25) is 5.75 Å². The van der Waals surface area contributed by atoms with E-state index < -0.39 is 5.97 Å². The monoisotopic (exact) mass is 461 g/mol. The molecule has 0 radical (unpaired) electrons. The second-order valence-electron chi connectivity index (χ2n) is 6.22. The Morgan fingerprint density at radius 3 is 2.48 bits per heavy atom. The summed E-state index contributed by atoms with van der Waals surface area (Å²) >= 11 is 7.02. The zero-order valence-corrected chi connectivity index (χ0v) is 18.6. The average molecular weight is 462 g/mol. The van der Waals surface area contributed by atoms with Crippen molar-refractivity contribution in [1.82, 2.24) is 0 Å². The van der Waals surface area contributed by atoms with E-state index in [0.717, 1.165) is 11.8 Å². The summed E-state index contributed by atoms with van der Waals surface area (Å²) in [5.74, 6) is -0.549. The van der Waals surface area contributed by atoms with Crippen molar-refractivity contribution in [3.8, 4) is 17.2 Å². The molecular weight excluding hydrogens is 442 g/mol. The number of ether oxygens (including phenoxy) is 3. The number of aliphatic hydroxyl groups is 1. The third-order valence-electron chi connectivity index (χ3n) is 4.21. The number of esters is 1. The van der Waals surface area contributed by atoms with E-state index in [2.05, 4.69) is 4.99 Å². The summed E-state index contributed by atoms with van der Waals surface area (Å²) in [4.78, 5) is 17.3. The topological polar surface area (TPSA) is 97.6 Å². The number of rotatable bonds is 6. The Hall–Kier alpha value is -3.10. The van der Waals surface area contributed by atoms with E-state index in [1.54, 1.807) is 43.3 Å². The first-order chi connectivity index (χ1) is 14.9. The maximum absolute atomic E-state index is 12.5. The van der Waals surface area contributed by atoms with Gasteiger partial charge in [-0.05, 0) is 55.0 Å². The molecule has 3 rings (SSSR count). The van der Waals surface area contributed by atoms with E-state index in [1.807, 2.05) is 0 Å². The molecule has 2 N–H and O–H groups in total. The number of halogens is 1. The molecule has 162 valence electrons. The SMILES string of the molecule is CCOC(=O)C1=C(O)/C(=C\c2cc(O)c(OC)c(OC)c2)SC1=Nc1ccc(Cl)cc1. The van der Waals surface area contributed by atoms with E-state index in [0.29, 0.717) is 26.9 Å². The molecule has 1 aliphatic rings. The molecule has 0 saturated carbocycles. The molecule has 31 heavy (non-hydrogen) atoms. The summed E-state index contributed by atoms with van der Waals surface area (Å²) in [5, 5.41) is 21.8. The van der Waals surface area contributed by atoms with Gasteiger partial charge in [0.05, 0.1) is 31.4 Å². The summed E-state index contributed by atoms with van der Waals surface area (Å²) in [6, 6.07) is 9.85. The van der Waals surface area contributed by atoms with Crippen LogP contribution in [0.2, 0.25) is 5.02 Å². The summed E-state index contributed by atoms with van der Waals surface area (Å²) in [6.45, 7) is 1.83. The van der Waals surface area contributed by atoms with Crippen LogP contribution in [0.3, 0.4) is 0 Å². The number of aliphatic hydroxyl groups excluding tert-OH is 1. The molecule has 1 heterocycles. The zero-order chi connectivity index (χ0) is 22.5. The number of aliphatic imine (C=N–C) groups is 1. The van der Waals surface area contributed by atoms with Crippen LogP contribution in [0.25, 0.3) is 6.08 Å². The number of benzene rings is 2. The molecule has 0 aliphatic carbocycles. The summed E-state index contributed by atoms with van der Waals surface area (Å²) in [6.07, 6.45) is 1.60. The lowest BCUT2D eigenvalue weighted by Crippen LogP contribution is -2.12. The van der Waals surface area contributed by atoms with Gasteiger partial charge in [0, 0.05) is 5.02 Å². The first kappa shape index (κ1) is 22.6. The van der Waals surface area contributed by atoms with Crippen molar-refractivity contribution in [3.05, 3.63) is 63.2 Å². The molecule has 2 aromatic rings. The summed E-state index contributed by atoms with van der Waals surface area (Å²) < 4.78 is 15.5. The molecule has 0 amide bonds. The maximum Gasteiger partial charge on any atom is 0.344 e. The lowest BCUT2D eigenvalue weighted by molar-refractivity contribution is -0.138. The smallest absolute Gasteiger partial charge is 0.344 e. The number of hydrogen-bond donors (Lipinski definition) is 2. The standard InChI is InChI=1S/C22H20ClNO6S/c1-4-30-22(27)18-19(26)17(31-21(18)24-14-7-5-13(23)6-8-14)11-12-9-15(25)20(29-3)16(10-12)28-2/h5-11,25-26H,4H2,1-3H3/b17-11+,24-21?. The molecule has 9 heteroatoms. The fourth-order valence-corrected chi connectivity index (χ4v) is 3.99. The van der Waals surface area contributed by atoms with Gasteiger partial charge >= 0.3 is 5.97 Å². The Kier molecular flexibility index (Phi) is 7.14. The van der Waals surface area contributed by atoms with E-state index >= 15 is 0 Å². The lowest BCUT2D eigenvalue weighted by atomic mass is 10.1. The highest BCUT2D eigenvalue weighted by Gasteiger charge is 2.33. The minimum atomic E-state index is -0.682. The van der Waals surface area contributed by atoms with Gasteiger partial charge < -0.3 is 24.4 Å². The van der Waals surface area contributed by atoms with Gasteiger partial charge in [-0.25, -0.2) is 9.79 Å². The van der Waals surface area contributed by atoms with E-state index in [9.17, 15) is 15.0 Å². The van der Waals surface area contributed by atoms with Crippen LogP contribution in [-0.2, 0) is 9.53 Å². The van der Waals surface area contributed by atoms with Crippen molar-refractivity contribution in [2.75, 3.05) is 20.8 Å². The second kappa shape index (κ2) is 9.80. The van der Waals surface area contributed by atoms with Crippen molar-refractivity contribution >= 4 is 46.1 Å². The zero-order valence-electron chi connectivity index (χ0n) is 17.0. The largest absolute Gasteiger partial charge is 0.506 e. The number of methoxy groups -OCH3 is 2. The van der Waals surface area contributed by atoms with E-state index in [1.165, 1.54) is 20.3 Å². The molecule has 7 nitrogen and oxygen atoms in total. The highest BCUT2D eigenvalue weighted by Crippen LogP contribution is 2.42. The maximum atomic E-state index is 12.5. The highest BCUT2D eigenvalue weighted by atomic mass is 35.5. The normalized spacial score (nSPS) is 16.1. The number of carbonyl (C=O) groups excluding carboxylic acids is 1. The third kappa shape index (κ3) is 4.98. The van der Waals surface area contributed by atoms with Crippen LogP contribution in [0, 0.1) is 0 Å². The van der Waals surface area contributed by atoms with E-state index in [4.69, 9.17) is 25.8 Å². The molecule has 0 spiro atoms. The van der Waals surface area contributed by atoms with Gasteiger partial charge in [0.15, 0.2) is 11.5 Å². The predicted octanol–water partition coefficient (Wildman–Crippen LogP) is 5.26. The van der Waals surface area contributed by atoms with Crippen LogP contribution in [0.1, 0.15) is 12.5 Å². The van der Waals surface area contributed by atoms with Gasteiger partial charge in [0.1, 0.15) is 16.4 Å². The van der Waals surface area contributed by atoms with Gasteiger partial charge in [-0.15, -0.1) is 0 Å². The Morgan fingerprint density at radius 2 is 1.87 bits per heavy atom. The van der Waals surface area contributed by atoms with Crippen molar-refractivity contribution in [1.29, 1.82) is 0 Å². The number of hydrogen-bond acceptors (Lipinski definition) is 8. The Labute approximate surface area is 188 Å². The van der Waals surface area contributed by atoms with E-state index in [-0.39, 0.29) is 34.5 Å². The van der Waals surface area contributed by atoms with Crippen LogP contribution < -0.4 is 9.47 Å². The fourth-order valence-electron chi connectivity index (χ4n) is 2.82. The van der Waals surface area contributed by atoms with Crippen LogP contribution in [0.15, 0.2) is 57.6 Å². The predicted molar refractivity (Wildman–Crippen MR) is 122 cm³/mol. The Bertz CT molecular complexity index is 1090. The minimum Gasteiger partial charge on any atom is -0.506 e. The van der Waals surface area contributed by atoms with Crippen LogP contribution in [0.5, 0.6) is 17.2 Å². The first-order valence-corrected chi connectivity index (χ1v) is 10.4. The average Bonchev–Trinajstić information content (AvgIpc) is 3.04. The fraction of sp³-hybridized carbons (Fsp3) is 0.182. The molecule has 0 bridgehead atoms. The quantitative estimate of drug-likeness (QED) is 0.566. The molecule has 0 aromatic heterocycles. The summed E-state index contributed by atoms with van der Waals surface area (Å²) in [5.41, 5.74) is 1.06. The molecule has 0 atom stereocenters. The Balaban J connectivity index is 2.06. The lowest BCUT2D eigenvalue weighted by Gasteiger charge is -2.10. The molecule has 0 fully saturated rings. The van der Waals surface area contributed by atoms with Crippen LogP contribution >= 0.6 is 23.4 Å². The van der Waals surface area contributed by atoms with Crippen molar-refractivity contribution in [3.63, 3.8) is 0 Å². The number of thioether (sulfide) groups is 1.